The predicted octanol–water partition coefficient (Wildman–Crippen LogP) is 2.74. The molecule has 25 heavy (non-hydrogen) atoms. The van der Waals surface area contributed by atoms with Crippen molar-refractivity contribution in [1.29, 1.82) is 0 Å². The number of carbonyl (C=O) groups excluding carboxylic acids is 2. The molecule has 0 aliphatic carbocycles. The van der Waals surface area contributed by atoms with E-state index < -0.39 is 0 Å². The van der Waals surface area contributed by atoms with Crippen LogP contribution in [0.15, 0.2) is 54.6 Å². The zero-order valence-electron chi connectivity index (χ0n) is 14.7. The highest BCUT2D eigenvalue weighted by Crippen LogP contribution is 2.22. The average molecular weight is 339 g/mol. The Labute approximate surface area is 148 Å². The molecule has 5 heteroatoms. The highest BCUT2D eigenvalue weighted by molar-refractivity contribution is 5.95. The number of anilines is 1. The van der Waals surface area contributed by atoms with Crippen molar-refractivity contribution in [2.45, 2.75) is 26.3 Å². The van der Waals surface area contributed by atoms with Crippen LogP contribution in [0.5, 0.6) is 0 Å². The molecule has 0 spiro atoms. The average Bonchev–Trinajstić information content (AvgIpc) is 2.61. The minimum atomic E-state index is -0.373. The Balaban J connectivity index is 2.18. The second-order valence-electron chi connectivity index (χ2n) is 5.86. The van der Waals surface area contributed by atoms with E-state index in [1.807, 2.05) is 44.2 Å². The summed E-state index contributed by atoms with van der Waals surface area (Å²) >= 11 is 0. The third-order valence-electron chi connectivity index (χ3n) is 4.14. The van der Waals surface area contributed by atoms with Gasteiger partial charge < -0.3 is 11.1 Å². The summed E-state index contributed by atoms with van der Waals surface area (Å²) in [4.78, 5) is 26.0. The largest absolute Gasteiger partial charge is 0.369 e. The lowest BCUT2D eigenvalue weighted by atomic mass is 10.0. The fraction of sp³-hybridized carbons (Fsp3) is 0.300. The zero-order valence-corrected chi connectivity index (χ0v) is 14.7. The molecule has 2 aromatic rings. The molecule has 0 aromatic heterocycles. The molecule has 2 aromatic carbocycles. The van der Waals surface area contributed by atoms with E-state index in [0.717, 1.165) is 24.2 Å². The van der Waals surface area contributed by atoms with E-state index in [-0.39, 0.29) is 24.3 Å². The molecule has 2 amide bonds. The second-order valence-corrected chi connectivity index (χ2v) is 5.86. The summed E-state index contributed by atoms with van der Waals surface area (Å²) in [6.07, 6.45) is 0.195. The molecule has 0 aliphatic heterocycles. The molecule has 0 aliphatic rings. The highest BCUT2D eigenvalue weighted by atomic mass is 16.2. The Hall–Kier alpha value is -2.66. The van der Waals surface area contributed by atoms with E-state index in [9.17, 15) is 9.59 Å². The van der Waals surface area contributed by atoms with Crippen LogP contribution in [0, 0.1) is 0 Å². The summed E-state index contributed by atoms with van der Waals surface area (Å²) in [5, 5.41) is 2.97. The van der Waals surface area contributed by atoms with E-state index in [1.165, 1.54) is 0 Å². The second kappa shape index (κ2) is 8.99. The van der Waals surface area contributed by atoms with Crippen LogP contribution in [0.2, 0.25) is 0 Å². The molecule has 0 saturated carbocycles. The summed E-state index contributed by atoms with van der Waals surface area (Å²) in [6, 6.07) is 16.6. The van der Waals surface area contributed by atoms with E-state index >= 15 is 0 Å². The summed E-state index contributed by atoms with van der Waals surface area (Å²) < 4.78 is 0. The van der Waals surface area contributed by atoms with Gasteiger partial charge in [0.1, 0.15) is 6.04 Å². The first kappa shape index (κ1) is 18.7. The number of amides is 2. The fourth-order valence-corrected chi connectivity index (χ4v) is 2.87. The van der Waals surface area contributed by atoms with Gasteiger partial charge in [0.25, 0.3) is 0 Å². The van der Waals surface area contributed by atoms with Gasteiger partial charge in [-0.1, -0.05) is 56.3 Å². The molecule has 0 fully saturated rings. The molecule has 0 heterocycles. The Kier molecular flexibility index (Phi) is 6.71. The van der Waals surface area contributed by atoms with Gasteiger partial charge in [-0.05, 0) is 36.3 Å². The molecule has 0 radical (unpaired) electrons. The highest BCUT2D eigenvalue weighted by Gasteiger charge is 2.25. The lowest BCUT2D eigenvalue weighted by Crippen LogP contribution is -2.37. The summed E-state index contributed by atoms with van der Waals surface area (Å²) in [5.41, 5.74) is 7.69. The van der Waals surface area contributed by atoms with Gasteiger partial charge in [0.15, 0.2) is 0 Å². The fourth-order valence-electron chi connectivity index (χ4n) is 2.87. The van der Waals surface area contributed by atoms with E-state index in [2.05, 4.69) is 10.2 Å². The number of rotatable bonds is 8. The van der Waals surface area contributed by atoms with Crippen LogP contribution in [0.1, 0.15) is 31.0 Å². The molecule has 1 unspecified atom stereocenters. The van der Waals surface area contributed by atoms with Crippen molar-refractivity contribution < 1.29 is 9.59 Å². The van der Waals surface area contributed by atoms with Crippen molar-refractivity contribution in [1.82, 2.24) is 4.90 Å². The lowest BCUT2D eigenvalue weighted by molar-refractivity contribution is -0.121. The number of primary amides is 1. The van der Waals surface area contributed by atoms with Crippen molar-refractivity contribution in [3.8, 4) is 0 Å². The van der Waals surface area contributed by atoms with Crippen molar-refractivity contribution in [3.05, 3.63) is 65.7 Å². The van der Waals surface area contributed by atoms with Crippen LogP contribution in [0.4, 0.5) is 5.69 Å². The quantitative estimate of drug-likeness (QED) is 0.776. The first-order valence-corrected chi connectivity index (χ1v) is 8.52. The first-order chi connectivity index (χ1) is 12.0. The third-order valence-corrected chi connectivity index (χ3v) is 4.14. The van der Waals surface area contributed by atoms with Crippen LogP contribution < -0.4 is 11.1 Å². The molecule has 132 valence electrons. The van der Waals surface area contributed by atoms with E-state index in [4.69, 9.17) is 5.73 Å². The zero-order chi connectivity index (χ0) is 18.2. The molecule has 2 rings (SSSR count). The molecule has 3 N–H and O–H groups in total. The summed E-state index contributed by atoms with van der Waals surface area (Å²) in [7, 11) is 0. The smallest absolute Gasteiger partial charge is 0.246 e. The van der Waals surface area contributed by atoms with Gasteiger partial charge in [-0.15, -0.1) is 0 Å². The SMILES string of the molecule is CCN(CC)C(C(=O)Nc1ccc(CC(N)=O)cc1)c1ccccc1. The van der Waals surface area contributed by atoms with Gasteiger partial charge in [-0.2, -0.15) is 0 Å². The lowest BCUT2D eigenvalue weighted by Gasteiger charge is -2.29. The number of benzene rings is 2. The maximum atomic E-state index is 12.9. The molecule has 1 atom stereocenters. The maximum Gasteiger partial charge on any atom is 0.246 e. The third kappa shape index (κ3) is 5.16. The topological polar surface area (TPSA) is 75.4 Å². The van der Waals surface area contributed by atoms with Crippen LogP contribution >= 0.6 is 0 Å². The van der Waals surface area contributed by atoms with Gasteiger partial charge >= 0.3 is 0 Å². The number of nitrogens with zero attached hydrogens (tertiary/aromatic N) is 1. The molecular formula is C20H25N3O2. The predicted molar refractivity (Wildman–Crippen MR) is 100 cm³/mol. The van der Waals surface area contributed by atoms with Crippen molar-refractivity contribution in [3.63, 3.8) is 0 Å². The number of hydrogen-bond donors (Lipinski definition) is 2. The van der Waals surface area contributed by atoms with Gasteiger partial charge in [0.2, 0.25) is 11.8 Å². The number of nitrogens with one attached hydrogen (secondary N) is 1. The van der Waals surface area contributed by atoms with Crippen LogP contribution in [-0.2, 0) is 16.0 Å². The molecular weight excluding hydrogens is 314 g/mol. The minimum Gasteiger partial charge on any atom is -0.369 e. The van der Waals surface area contributed by atoms with Gasteiger partial charge in [-0.25, -0.2) is 0 Å². The normalized spacial score (nSPS) is 12.0. The molecule has 5 nitrogen and oxygen atoms in total. The number of nitrogens with two attached hydrogens (primary N) is 1. The summed E-state index contributed by atoms with van der Waals surface area (Å²) in [6.45, 7) is 5.65. The Morgan fingerprint density at radius 1 is 1.00 bits per heavy atom. The Morgan fingerprint density at radius 3 is 2.12 bits per heavy atom. The van der Waals surface area contributed by atoms with Crippen molar-refractivity contribution >= 4 is 17.5 Å². The van der Waals surface area contributed by atoms with Crippen LogP contribution in [0.25, 0.3) is 0 Å². The van der Waals surface area contributed by atoms with E-state index in [0.29, 0.717) is 5.69 Å². The number of likely N-dealkylation sites (N-methyl/N-ethyl adjacent to an activating group) is 1. The van der Waals surface area contributed by atoms with Gasteiger partial charge in [-0.3, -0.25) is 14.5 Å². The minimum absolute atomic E-state index is 0.0717. The molecule has 0 bridgehead atoms. The molecule has 0 saturated heterocycles. The van der Waals surface area contributed by atoms with Crippen LogP contribution in [-0.4, -0.2) is 29.8 Å². The van der Waals surface area contributed by atoms with Crippen molar-refractivity contribution in [2.24, 2.45) is 5.73 Å². The first-order valence-electron chi connectivity index (χ1n) is 8.52. The Bertz CT molecular complexity index is 695. The Morgan fingerprint density at radius 2 is 1.60 bits per heavy atom. The van der Waals surface area contributed by atoms with E-state index in [1.54, 1.807) is 24.3 Å². The van der Waals surface area contributed by atoms with Crippen LogP contribution in [0.3, 0.4) is 0 Å². The number of hydrogen-bond acceptors (Lipinski definition) is 3. The number of carbonyl (C=O) groups is 2. The maximum absolute atomic E-state index is 12.9. The van der Waals surface area contributed by atoms with Gasteiger partial charge in [0, 0.05) is 5.69 Å². The van der Waals surface area contributed by atoms with Crippen molar-refractivity contribution in [2.75, 3.05) is 18.4 Å². The monoisotopic (exact) mass is 339 g/mol. The standard InChI is InChI=1S/C20H25N3O2/c1-3-23(4-2)19(16-8-6-5-7-9-16)20(25)22-17-12-10-15(11-13-17)14-18(21)24/h5-13,19H,3-4,14H2,1-2H3,(H2,21,24)(H,22,25). The summed E-state index contributed by atoms with van der Waals surface area (Å²) in [5.74, 6) is -0.444. The van der Waals surface area contributed by atoms with Gasteiger partial charge in [0.05, 0.1) is 6.42 Å².